The second kappa shape index (κ2) is 4.85. The van der Waals surface area contributed by atoms with E-state index in [0.29, 0.717) is 17.0 Å². The van der Waals surface area contributed by atoms with Crippen LogP contribution in [0.15, 0.2) is 28.5 Å². The first kappa shape index (κ1) is 11.9. The number of H-pyrrole nitrogens is 2. The van der Waals surface area contributed by atoms with Gasteiger partial charge in [-0.25, -0.2) is 0 Å². The SMILES string of the molecule is CCC(Nc1nc2[nH]ncc2c(=O)[nH]1)c1cccs1. The van der Waals surface area contributed by atoms with Gasteiger partial charge in [0.05, 0.1) is 12.2 Å². The lowest BCUT2D eigenvalue weighted by atomic mass is 10.2. The number of aromatic nitrogens is 4. The van der Waals surface area contributed by atoms with Crippen molar-refractivity contribution in [3.05, 3.63) is 38.9 Å². The highest BCUT2D eigenvalue weighted by atomic mass is 32.1. The molecule has 0 aliphatic rings. The maximum absolute atomic E-state index is 11.8. The fraction of sp³-hybridized carbons (Fsp3) is 0.250. The molecule has 3 heterocycles. The van der Waals surface area contributed by atoms with E-state index in [2.05, 4.69) is 38.5 Å². The molecular weight excluding hydrogens is 262 g/mol. The van der Waals surface area contributed by atoms with Crippen LogP contribution < -0.4 is 10.9 Å². The predicted octanol–water partition coefficient (Wildman–Crippen LogP) is 2.27. The molecule has 0 aliphatic carbocycles. The van der Waals surface area contributed by atoms with E-state index >= 15 is 0 Å². The van der Waals surface area contributed by atoms with Crippen LogP contribution in [0.5, 0.6) is 0 Å². The van der Waals surface area contributed by atoms with Crippen LogP contribution in [0.25, 0.3) is 11.0 Å². The molecule has 0 bridgehead atoms. The predicted molar refractivity (Wildman–Crippen MR) is 75.5 cm³/mol. The summed E-state index contributed by atoms with van der Waals surface area (Å²) >= 11 is 1.68. The molecule has 1 atom stereocenters. The van der Waals surface area contributed by atoms with E-state index in [1.165, 1.54) is 11.1 Å². The number of nitrogens with one attached hydrogen (secondary N) is 3. The Morgan fingerprint density at radius 2 is 2.42 bits per heavy atom. The third kappa shape index (κ3) is 2.24. The molecule has 0 radical (unpaired) electrons. The number of thiophene rings is 1. The zero-order valence-corrected chi connectivity index (χ0v) is 11.1. The molecule has 6 nitrogen and oxygen atoms in total. The zero-order chi connectivity index (χ0) is 13.2. The molecule has 0 aromatic carbocycles. The Labute approximate surface area is 112 Å². The number of anilines is 1. The molecule has 3 aromatic heterocycles. The first-order valence-corrected chi connectivity index (χ1v) is 6.89. The van der Waals surface area contributed by atoms with Crippen molar-refractivity contribution in [1.29, 1.82) is 0 Å². The minimum atomic E-state index is -0.192. The van der Waals surface area contributed by atoms with E-state index in [1.807, 2.05) is 11.4 Å². The molecule has 0 aliphatic heterocycles. The molecule has 3 aromatic rings. The molecule has 7 heteroatoms. The van der Waals surface area contributed by atoms with Gasteiger partial charge in [-0.3, -0.25) is 14.9 Å². The fourth-order valence-electron chi connectivity index (χ4n) is 1.94. The van der Waals surface area contributed by atoms with Crippen molar-refractivity contribution in [3.8, 4) is 0 Å². The summed E-state index contributed by atoms with van der Waals surface area (Å²) in [5, 5.41) is 12.3. The number of hydrogen-bond donors (Lipinski definition) is 3. The molecule has 0 spiro atoms. The summed E-state index contributed by atoms with van der Waals surface area (Å²) in [6.07, 6.45) is 2.38. The quantitative estimate of drug-likeness (QED) is 0.681. The average molecular weight is 275 g/mol. The Morgan fingerprint density at radius 1 is 1.53 bits per heavy atom. The van der Waals surface area contributed by atoms with Gasteiger partial charge in [0.15, 0.2) is 5.65 Å². The topological polar surface area (TPSA) is 86.5 Å². The molecule has 1 unspecified atom stereocenters. The van der Waals surface area contributed by atoms with Gasteiger partial charge >= 0.3 is 0 Å². The van der Waals surface area contributed by atoms with Crippen molar-refractivity contribution in [2.24, 2.45) is 0 Å². The highest BCUT2D eigenvalue weighted by Crippen LogP contribution is 2.24. The monoisotopic (exact) mass is 275 g/mol. The van der Waals surface area contributed by atoms with Crippen molar-refractivity contribution >= 4 is 28.3 Å². The lowest BCUT2D eigenvalue weighted by Crippen LogP contribution is -2.16. The molecular formula is C12H13N5OS. The zero-order valence-electron chi connectivity index (χ0n) is 10.3. The van der Waals surface area contributed by atoms with Gasteiger partial charge in [0, 0.05) is 4.88 Å². The van der Waals surface area contributed by atoms with E-state index in [1.54, 1.807) is 11.3 Å². The number of aromatic amines is 2. The van der Waals surface area contributed by atoms with Crippen molar-refractivity contribution < 1.29 is 0 Å². The summed E-state index contributed by atoms with van der Waals surface area (Å²) in [5.41, 5.74) is 0.301. The second-order valence-electron chi connectivity index (χ2n) is 4.17. The minimum Gasteiger partial charge on any atom is -0.348 e. The molecule has 0 fully saturated rings. The normalized spacial score (nSPS) is 12.7. The Hall–Kier alpha value is -2.15. The van der Waals surface area contributed by atoms with Crippen LogP contribution in [0.3, 0.4) is 0 Å². The van der Waals surface area contributed by atoms with Gasteiger partial charge in [0.1, 0.15) is 5.39 Å². The van der Waals surface area contributed by atoms with Crippen LogP contribution in [-0.4, -0.2) is 20.2 Å². The third-order valence-electron chi connectivity index (χ3n) is 2.93. The molecule has 3 N–H and O–H groups in total. The van der Waals surface area contributed by atoms with Crippen molar-refractivity contribution in [3.63, 3.8) is 0 Å². The lowest BCUT2D eigenvalue weighted by Gasteiger charge is -2.15. The van der Waals surface area contributed by atoms with Gasteiger partial charge in [0.2, 0.25) is 5.95 Å². The number of fused-ring (bicyclic) bond motifs is 1. The van der Waals surface area contributed by atoms with E-state index in [9.17, 15) is 4.79 Å². The number of hydrogen-bond acceptors (Lipinski definition) is 5. The smallest absolute Gasteiger partial charge is 0.263 e. The Bertz CT molecular complexity index is 730. The summed E-state index contributed by atoms with van der Waals surface area (Å²) in [6, 6.07) is 4.22. The van der Waals surface area contributed by atoms with E-state index in [4.69, 9.17) is 0 Å². The first-order chi connectivity index (χ1) is 9.28. The van der Waals surface area contributed by atoms with Crippen LogP contribution in [0.2, 0.25) is 0 Å². The third-order valence-corrected chi connectivity index (χ3v) is 3.91. The van der Waals surface area contributed by atoms with Crippen molar-refractivity contribution in [1.82, 2.24) is 20.2 Å². The van der Waals surface area contributed by atoms with Crippen LogP contribution in [-0.2, 0) is 0 Å². The largest absolute Gasteiger partial charge is 0.348 e. The summed E-state index contributed by atoms with van der Waals surface area (Å²) in [7, 11) is 0. The van der Waals surface area contributed by atoms with E-state index < -0.39 is 0 Å². The van der Waals surface area contributed by atoms with Crippen molar-refractivity contribution in [2.75, 3.05) is 5.32 Å². The van der Waals surface area contributed by atoms with Gasteiger partial charge in [-0.15, -0.1) is 11.3 Å². The molecule has 0 amide bonds. The maximum atomic E-state index is 11.8. The van der Waals surface area contributed by atoms with Gasteiger partial charge < -0.3 is 5.32 Å². The van der Waals surface area contributed by atoms with Crippen LogP contribution >= 0.6 is 11.3 Å². The summed E-state index contributed by atoms with van der Waals surface area (Å²) in [4.78, 5) is 20.1. The summed E-state index contributed by atoms with van der Waals surface area (Å²) in [6.45, 7) is 2.09. The molecule has 19 heavy (non-hydrogen) atoms. The summed E-state index contributed by atoms with van der Waals surface area (Å²) in [5.74, 6) is 0.460. The second-order valence-corrected chi connectivity index (χ2v) is 5.15. The number of rotatable bonds is 4. The van der Waals surface area contributed by atoms with Crippen molar-refractivity contribution in [2.45, 2.75) is 19.4 Å². The Kier molecular flexibility index (Phi) is 3.04. The summed E-state index contributed by atoms with van der Waals surface area (Å²) < 4.78 is 0. The maximum Gasteiger partial charge on any atom is 0.263 e. The van der Waals surface area contributed by atoms with Crippen LogP contribution in [0.1, 0.15) is 24.3 Å². The van der Waals surface area contributed by atoms with Crippen LogP contribution in [0, 0.1) is 0 Å². The lowest BCUT2D eigenvalue weighted by molar-refractivity contribution is 0.752. The molecule has 3 rings (SSSR count). The van der Waals surface area contributed by atoms with Crippen LogP contribution in [0.4, 0.5) is 5.95 Å². The highest BCUT2D eigenvalue weighted by molar-refractivity contribution is 7.10. The van der Waals surface area contributed by atoms with E-state index in [0.717, 1.165) is 6.42 Å². The standard InChI is InChI=1S/C12H13N5OS/c1-2-8(9-4-3-5-19-9)14-12-15-10-7(6-13-17-10)11(18)16-12/h3-6,8H,2H2,1H3,(H3,13,14,15,16,17,18). The molecule has 0 saturated heterocycles. The van der Waals surface area contributed by atoms with E-state index in [-0.39, 0.29) is 11.6 Å². The minimum absolute atomic E-state index is 0.142. The average Bonchev–Trinajstić information content (AvgIpc) is 3.06. The van der Waals surface area contributed by atoms with Gasteiger partial charge in [0.25, 0.3) is 5.56 Å². The Balaban J connectivity index is 1.94. The first-order valence-electron chi connectivity index (χ1n) is 6.01. The van der Waals surface area contributed by atoms with Gasteiger partial charge in [-0.2, -0.15) is 10.1 Å². The molecule has 98 valence electrons. The number of nitrogens with zero attached hydrogens (tertiary/aromatic N) is 2. The highest BCUT2D eigenvalue weighted by Gasteiger charge is 2.12. The Morgan fingerprint density at radius 3 is 3.16 bits per heavy atom. The fourth-order valence-corrected chi connectivity index (χ4v) is 2.80. The van der Waals surface area contributed by atoms with Gasteiger partial charge in [-0.05, 0) is 17.9 Å². The van der Waals surface area contributed by atoms with Gasteiger partial charge in [-0.1, -0.05) is 13.0 Å². The molecule has 0 saturated carbocycles.